The number of aliphatic hydroxyl groups is 2. The highest BCUT2D eigenvalue weighted by Crippen LogP contribution is 2.72. The van der Waals surface area contributed by atoms with Crippen molar-refractivity contribution >= 4 is 0 Å². The minimum Gasteiger partial charge on any atom is -0.393 e. The zero-order valence-electron chi connectivity index (χ0n) is 20.5. The Morgan fingerprint density at radius 1 is 1.00 bits per heavy atom. The molecule has 10 atom stereocenters. The van der Waals surface area contributed by atoms with Crippen LogP contribution in [0, 0.1) is 40.4 Å². The third-order valence-electron chi connectivity index (χ3n) is 10.9. The van der Waals surface area contributed by atoms with Crippen LogP contribution in [0.2, 0.25) is 0 Å². The fraction of sp³-hybridized carbons (Fsp3) is 0.857. The van der Waals surface area contributed by atoms with E-state index < -0.39 is 6.10 Å². The molecule has 3 heteroatoms. The van der Waals surface area contributed by atoms with Gasteiger partial charge in [0.25, 0.3) is 0 Å². The van der Waals surface area contributed by atoms with Gasteiger partial charge in [0.05, 0.1) is 6.10 Å². The minimum absolute atomic E-state index is 0.00307. The molecular weight excluding hydrogens is 384 g/mol. The second-order valence-corrected chi connectivity index (χ2v) is 12.6. The molecule has 0 aromatic heterocycles. The summed E-state index contributed by atoms with van der Waals surface area (Å²) in [5.41, 5.74) is 2.84. The Morgan fingerprint density at radius 2 is 1.74 bits per heavy atom. The summed E-state index contributed by atoms with van der Waals surface area (Å²) >= 11 is 0. The summed E-state index contributed by atoms with van der Waals surface area (Å²) in [5.74, 6) is 3.05. The van der Waals surface area contributed by atoms with Crippen LogP contribution in [0.1, 0.15) is 86.5 Å². The Balaban J connectivity index is 1.45. The van der Waals surface area contributed by atoms with Crippen molar-refractivity contribution in [1.29, 1.82) is 0 Å². The van der Waals surface area contributed by atoms with Crippen LogP contribution >= 0.6 is 0 Å². The standard InChI is InChI=1S/C28H44O3/c1-16(2)17(3)7-8-18(4)20-9-10-21-23-22(12-13-26(20,21)5)27(6)14-11-19(29)15-28(27)25(31-28)24(23)30/h7-8,16-21,24-25,29-30H,9-15H2,1-6H3/t17-,18+,19-,20+,21-,24+,25-,26+,27+,28-/m0/s1. The average Bonchev–Trinajstić information content (AvgIpc) is 3.34. The van der Waals surface area contributed by atoms with E-state index in [2.05, 4.69) is 53.7 Å². The monoisotopic (exact) mass is 428 g/mol. The van der Waals surface area contributed by atoms with E-state index in [0.717, 1.165) is 19.3 Å². The van der Waals surface area contributed by atoms with Crippen molar-refractivity contribution in [3.05, 3.63) is 23.3 Å². The van der Waals surface area contributed by atoms with E-state index in [1.807, 2.05) is 0 Å². The number of epoxide rings is 1. The first-order valence-corrected chi connectivity index (χ1v) is 13.0. The molecule has 2 N–H and O–H groups in total. The third kappa shape index (κ3) is 2.95. The van der Waals surface area contributed by atoms with E-state index in [1.54, 1.807) is 0 Å². The van der Waals surface area contributed by atoms with E-state index in [4.69, 9.17) is 4.74 Å². The molecule has 0 unspecified atom stereocenters. The van der Waals surface area contributed by atoms with E-state index in [-0.39, 0.29) is 28.6 Å². The molecule has 1 spiro atoms. The second kappa shape index (κ2) is 7.18. The van der Waals surface area contributed by atoms with Crippen molar-refractivity contribution in [3.8, 4) is 0 Å². The topological polar surface area (TPSA) is 53.0 Å². The van der Waals surface area contributed by atoms with Gasteiger partial charge < -0.3 is 14.9 Å². The smallest absolute Gasteiger partial charge is 0.118 e. The van der Waals surface area contributed by atoms with Crippen LogP contribution in [0.3, 0.4) is 0 Å². The van der Waals surface area contributed by atoms with Gasteiger partial charge in [0.1, 0.15) is 17.8 Å². The van der Waals surface area contributed by atoms with Gasteiger partial charge in [-0.15, -0.1) is 0 Å². The van der Waals surface area contributed by atoms with Gasteiger partial charge in [-0.25, -0.2) is 0 Å². The summed E-state index contributed by atoms with van der Waals surface area (Å²) in [7, 11) is 0. The van der Waals surface area contributed by atoms with Crippen LogP contribution < -0.4 is 0 Å². The summed E-state index contributed by atoms with van der Waals surface area (Å²) < 4.78 is 6.33. The molecule has 0 bridgehead atoms. The SMILES string of the molecule is CC(C)[C@@H](C)C=C[C@@H](C)[C@H]1CC[C@H]2C3=C(CC[C@]12C)[C@@]1(C)CC[C@H](O)C[C@@]12O[C@H]2[C@@H]3O. The largest absolute Gasteiger partial charge is 0.393 e. The predicted octanol–water partition coefficient (Wildman–Crippen LogP) is 5.66. The highest BCUT2D eigenvalue weighted by Gasteiger charge is 2.76. The van der Waals surface area contributed by atoms with E-state index in [9.17, 15) is 10.2 Å². The lowest BCUT2D eigenvalue weighted by molar-refractivity contribution is -0.000636. The van der Waals surface area contributed by atoms with Gasteiger partial charge in [0, 0.05) is 11.8 Å². The van der Waals surface area contributed by atoms with Gasteiger partial charge >= 0.3 is 0 Å². The fourth-order valence-corrected chi connectivity index (χ4v) is 8.47. The first-order valence-electron chi connectivity index (χ1n) is 13.0. The maximum absolute atomic E-state index is 11.5. The number of hydrogen-bond acceptors (Lipinski definition) is 3. The Bertz CT molecular complexity index is 798. The Hall–Kier alpha value is -0.640. The van der Waals surface area contributed by atoms with Gasteiger partial charge in [-0.1, -0.05) is 59.3 Å². The van der Waals surface area contributed by atoms with E-state index in [0.29, 0.717) is 36.0 Å². The normalized spacial score (nSPS) is 50.7. The van der Waals surface area contributed by atoms with Crippen LogP contribution in [0.4, 0.5) is 0 Å². The summed E-state index contributed by atoms with van der Waals surface area (Å²) in [5, 5.41) is 21.9. The molecule has 2 saturated carbocycles. The lowest BCUT2D eigenvalue weighted by Crippen LogP contribution is -2.55. The molecule has 174 valence electrons. The number of aliphatic hydroxyl groups excluding tert-OH is 2. The zero-order chi connectivity index (χ0) is 22.3. The molecule has 5 rings (SSSR count). The quantitative estimate of drug-likeness (QED) is 0.449. The Labute approximate surface area is 189 Å². The number of hydrogen-bond donors (Lipinski definition) is 2. The summed E-state index contributed by atoms with van der Waals surface area (Å²) in [6.45, 7) is 14.3. The Kier molecular flexibility index (Phi) is 5.13. The van der Waals surface area contributed by atoms with Crippen molar-refractivity contribution in [2.75, 3.05) is 0 Å². The van der Waals surface area contributed by atoms with Gasteiger partial charge in [-0.3, -0.25) is 0 Å². The second-order valence-electron chi connectivity index (χ2n) is 12.6. The van der Waals surface area contributed by atoms with Gasteiger partial charge in [0.2, 0.25) is 0 Å². The van der Waals surface area contributed by atoms with Crippen molar-refractivity contribution in [3.63, 3.8) is 0 Å². The zero-order valence-corrected chi connectivity index (χ0v) is 20.5. The summed E-state index contributed by atoms with van der Waals surface area (Å²) in [6, 6.07) is 0. The van der Waals surface area contributed by atoms with Crippen molar-refractivity contribution < 1.29 is 14.9 Å². The predicted molar refractivity (Wildman–Crippen MR) is 124 cm³/mol. The molecule has 0 aromatic rings. The average molecular weight is 429 g/mol. The van der Waals surface area contributed by atoms with Crippen LogP contribution in [0.25, 0.3) is 0 Å². The number of ether oxygens (including phenoxy) is 1. The lowest BCUT2D eigenvalue weighted by atomic mass is 9.50. The molecular formula is C28H44O3. The van der Waals surface area contributed by atoms with Crippen LogP contribution in [-0.2, 0) is 4.74 Å². The molecule has 4 aliphatic carbocycles. The maximum atomic E-state index is 11.5. The highest BCUT2D eigenvalue weighted by atomic mass is 16.6. The third-order valence-corrected chi connectivity index (χ3v) is 10.9. The van der Waals surface area contributed by atoms with E-state index >= 15 is 0 Å². The van der Waals surface area contributed by atoms with Crippen molar-refractivity contribution in [2.45, 2.75) is 110 Å². The minimum atomic E-state index is -0.469. The number of fused-ring (bicyclic) bond motifs is 3. The van der Waals surface area contributed by atoms with Crippen LogP contribution in [-0.4, -0.2) is 34.1 Å². The molecule has 3 nitrogen and oxygen atoms in total. The maximum Gasteiger partial charge on any atom is 0.118 e. The molecule has 0 radical (unpaired) electrons. The summed E-state index contributed by atoms with van der Waals surface area (Å²) in [6.07, 6.45) is 11.4. The van der Waals surface area contributed by atoms with Crippen LogP contribution in [0.15, 0.2) is 23.3 Å². The Morgan fingerprint density at radius 3 is 2.45 bits per heavy atom. The van der Waals surface area contributed by atoms with E-state index in [1.165, 1.54) is 30.4 Å². The molecule has 0 aromatic carbocycles. The van der Waals surface area contributed by atoms with Gasteiger partial charge in [-0.05, 0) is 79.1 Å². The van der Waals surface area contributed by atoms with Gasteiger partial charge in [0.15, 0.2) is 0 Å². The number of rotatable bonds is 4. The molecule has 0 amide bonds. The molecule has 31 heavy (non-hydrogen) atoms. The molecule has 3 fully saturated rings. The molecule has 1 heterocycles. The summed E-state index contributed by atoms with van der Waals surface area (Å²) in [4.78, 5) is 0. The van der Waals surface area contributed by atoms with Gasteiger partial charge in [-0.2, -0.15) is 0 Å². The van der Waals surface area contributed by atoms with Crippen molar-refractivity contribution in [1.82, 2.24) is 0 Å². The lowest BCUT2D eigenvalue weighted by Gasteiger charge is -2.54. The molecule has 1 saturated heterocycles. The first kappa shape index (κ1) is 22.2. The van der Waals surface area contributed by atoms with Crippen molar-refractivity contribution in [2.24, 2.45) is 40.4 Å². The molecule has 1 aliphatic heterocycles. The number of allylic oxidation sites excluding steroid dienone is 2. The van der Waals surface area contributed by atoms with Crippen LogP contribution in [0.5, 0.6) is 0 Å². The first-order chi connectivity index (χ1) is 14.5. The fourth-order valence-electron chi connectivity index (χ4n) is 8.47. The highest BCUT2D eigenvalue weighted by molar-refractivity contribution is 5.45. The molecule has 5 aliphatic rings.